The summed E-state index contributed by atoms with van der Waals surface area (Å²) in [6.07, 6.45) is 1.64. The molecule has 26 heavy (non-hydrogen) atoms. The van der Waals surface area contributed by atoms with Gasteiger partial charge in [-0.3, -0.25) is 4.79 Å². The summed E-state index contributed by atoms with van der Waals surface area (Å²) in [5.74, 6) is 1.82. The quantitative estimate of drug-likeness (QED) is 0.847. The van der Waals surface area contributed by atoms with E-state index in [1.807, 2.05) is 47.4 Å². The maximum Gasteiger partial charge on any atom is 0.251 e. The first-order valence-electron chi connectivity index (χ1n) is 9.28. The molecule has 2 fully saturated rings. The molecule has 5 nitrogen and oxygen atoms in total. The Labute approximate surface area is 154 Å². The Morgan fingerprint density at radius 1 is 0.923 bits per heavy atom. The van der Waals surface area contributed by atoms with Crippen LogP contribution in [-0.2, 0) is 9.53 Å². The van der Waals surface area contributed by atoms with Crippen LogP contribution in [0, 0.1) is 0 Å². The van der Waals surface area contributed by atoms with Gasteiger partial charge in [-0.15, -0.1) is 0 Å². The minimum Gasteiger partial charge on any atom is -0.457 e. The Morgan fingerprint density at radius 2 is 1.62 bits per heavy atom. The maximum atomic E-state index is 12.4. The summed E-state index contributed by atoms with van der Waals surface area (Å²) in [6, 6.07) is 17.9. The molecule has 0 N–H and O–H groups in total. The Balaban J connectivity index is 1.32. The summed E-state index contributed by atoms with van der Waals surface area (Å²) in [7, 11) is 0. The number of amides is 1. The van der Waals surface area contributed by atoms with Crippen LogP contribution in [0.5, 0.6) is 11.5 Å². The van der Waals surface area contributed by atoms with Crippen LogP contribution in [0.15, 0.2) is 54.6 Å². The Morgan fingerprint density at radius 3 is 2.27 bits per heavy atom. The second-order valence-corrected chi connectivity index (χ2v) is 6.72. The average molecular weight is 352 g/mol. The van der Waals surface area contributed by atoms with Crippen LogP contribution < -0.4 is 9.64 Å². The summed E-state index contributed by atoms with van der Waals surface area (Å²) in [6.45, 7) is 3.91. The van der Waals surface area contributed by atoms with Gasteiger partial charge in [0.05, 0.1) is 0 Å². The predicted octanol–water partition coefficient (Wildman–Crippen LogP) is 3.31. The van der Waals surface area contributed by atoms with Gasteiger partial charge in [0.25, 0.3) is 5.91 Å². The third kappa shape index (κ3) is 3.83. The van der Waals surface area contributed by atoms with E-state index in [0.29, 0.717) is 6.61 Å². The van der Waals surface area contributed by atoms with Gasteiger partial charge in [-0.2, -0.15) is 0 Å². The summed E-state index contributed by atoms with van der Waals surface area (Å²) in [5.41, 5.74) is 1.16. The van der Waals surface area contributed by atoms with Gasteiger partial charge in [0.1, 0.15) is 17.6 Å². The van der Waals surface area contributed by atoms with E-state index in [9.17, 15) is 4.79 Å². The third-order valence-corrected chi connectivity index (χ3v) is 4.98. The van der Waals surface area contributed by atoms with Crippen LogP contribution in [0.1, 0.15) is 12.8 Å². The van der Waals surface area contributed by atoms with Crippen molar-refractivity contribution in [2.24, 2.45) is 0 Å². The molecular formula is C21H24N2O3. The molecule has 5 heteroatoms. The van der Waals surface area contributed by atoms with E-state index < -0.39 is 0 Å². The second kappa shape index (κ2) is 7.79. The van der Waals surface area contributed by atoms with E-state index in [-0.39, 0.29) is 12.0 Å². The van der Waals surface area contributed by atoms with Crippen LogP contribution in [0.25, 0.3) is 0 Å². The third-order valence-electron chi connectivity index (χ3n) is 4.98. The highest BCUT2D eigenvalue weighted by Gasteiger charge is 2.30. The predicted molar refractivity (Wildman–Crippen MR) is 101 cm³/mol. The number of anilines is 1. The molecule has 1 unspecified atom stereocenters. The van der Waals surface area contributed by atoms with Gasteiger partial charge in [0.2, 0.25) is 0 Å². The van der Waals surface area contributed by atoms with Crippen LogP contribution in [-0.4, -0.2) is 49.7 Å². The molecule has 2 aromatic carbocycles. The van der Waals surface area contributed by atoms with Gasteiger partial charge in [-0.1, -0.05) is 18.2 Å². The fraction of sp³-hybridized carbons (Fsp3) is 0.381. The fourth-order valence-corrected chi connectivity index (χ4v) is 3.51. The average Bonchev–Trinajstić information content (AvgIpc) is 3.24. The summed E-state index contributed by atoms with van der Waals surface area (Å²) < 4.78 is 11.4. The molecule has 1 atom stereocenters. The molecule has 2 aliphatic rings. The van der Waals surface area contributed by atoms with Gasteiger partial charge >= 0.3 is 0 Å². The number of hydrogen-bond donors (Lipinski definition) is 0. The number of piperazine rings is 1. The minimum absolute atomic E-state index is 0.161. The summed E-state index contributed by atoms with van der Waals surface area (Å²) in [5, 5.41) is 0. The van der Waals surface area contributed by atoms with Crippen molar-refractivity contribution in [2.45, 2.75) is 18.9 Å². The Hall–Kier alpha value is -2.53. The lowest BCUT2D eigenvalue weighted by atomic mass is 10.2. The first-order chi connectivity index (χ1) is 12.8. The molecule has 0 spiro atoms. The summed E-state index contributed by atoms with van der Waals surface area (Å²) in [4.78, 5) is 16.7. The van der Waals surface area contributed by atoms with Gasteiger partial charge in [-0.05, 0) is 49.2 Å². The zero-order chi connectivity index (χ0) is 17.8. The first kappa shape index (κ1) is 16.9. The van der Waals surface area contributed by atoms with E-state index >= 15 is 0 Å². The van der Waals surface area contributed by atoms with Crippen molar-refractivity contribution in [3.63, 3.8) is 0 Å². The number of ether oxygens (including phenoxy) is 2. The van der Waals surface area contributed by atoms with Gasteiger partial charge in [0.15, 0.2) is 0 Å². The SMILES string of the molecule is O=C(C1CCCO1)N1CCN(c2ccc(Oc3ccccc3)cc2)CC1. The van der Waals surface area contributed by atoms with Crippen molar-refractivity contribution in [1.29, 1.82) is 0 Å². The number of nitrogens with zero attached hydrogens (tertiary/aromatic N) is 2. The topological polar surface area (TPSA) is 42.0 Å². The number of hydrogen-bond acceptors (Lipinski definition) is 4. The lowest BCUT2D eigenvalue weighted by Crippen LogP contribution is -2.51. The van der Waals surface area contributed by atoms with E-state index in [1.165, 1.54) is 0 Å². The molecule has 0 aliphatic carbocycles. The van der Waals surface area contributed by atoms with Crippen LogP contribution in [0.4, 0.5) is 5.69 Å². The highest BCUT2D eigenvalue weighted by molar-refractivity contribution is 5.81. The number of carbonyl (C=O) groups is 1. The zero-order valence-electron chi connectivity index (χ0n) is 14.8. The standard InChI is InChI=1S/C21H24N2O3/c24-21(20-7-4-16-25-20)23-14-12-22(13-15-23)17-8-10-19(11-9-17)26-18-5-2-1-3-6-18/h1-3,5-6,8-11,20H,4,7,12-16H2. The molecule has 2 aromatic rings. The zero-order valence-corrected chi connectivity index (χ0v) is 14.8. The smallest absolute Gasteiger partial charge is 0.251 e. The monoisotopic (exact) mass is 352 g/mol. The molecule has 0 saturated carbocycles. The Bertz CT molecular complexity index is 719. The largest absolute Gasteiger partial charge is 0.457 e. The van der Waals surface area contributed by atoms with E-state index in [0.717, 1.165) is 56.2 Å². The van der Waals surface area contributed by atoms with Crippen LogP contribution in [0.2, 0.25) is 0 Å². The molecular weight excluding hydrogens is 328 g/mol. The fourth-order valence-electron chi connectivity index (χ4n) is 3.51. The van der Waals surface area contributed by atoms with Crippen molar-refractivity contribution < 1.29 is 14.3 Å². The van der Waals surface area contributed by atoms with Crippen LogP contribution in [0.3, 0.4) is 0 Å². The molecule has 1 amide bonds. The normalized spacial score (nSPS) is 20.2. The highest BCUT2D eigenvalue weighted by atomic mass is 16.5. The lowest BCUT2D eigenvalue weighted by molar-refractivity contribution is -0.141. The lowest BCUT2D eigenvalue weighted by Gasteiger charge is -2.37. The number of benzene rings is 2. The number of para-hydroxylation sites is 1. The van der Waals surface area contributed by atoms with Gasteiger partial charge in [-0.25, -0.2) is 0 Å². The first-order valence-corrected chi connectivity index (χ1v) is 9.28. The molecule has 0 radical (unpaired) electrons. The van der Waals surface area contributed by atoms with Gasteiger partial charge in [0, 0.05) is 38.5 Å². The van der Waals surface area contributed by atoms with Crippen molar-refractivity contribution in [3.8, 4) is 11.5 Å². The van der Waals surface area contributed by atoms with Crippen molar-refractivity contribution in [1.82, 2.24) is 4.90 Å². The summed E-state index contributed by atoms with van der Waals surface area (Å²) >= 11 is 0. The molecule has 2 saturated heterocycles. The second-order valence-electron chi connectivity index (χ2n) is 6.72. The minimum atomic E-state index is -0.212. The molecule has 2 aliphatic heterocycles. The molecule has 2 heterocycles. The number of carbonyl (C=O) groups excluding carboxylic acids is 1. The van der Waals surface area contributed by atoms with E-state index in [4.69, 9.17) is 9.47 Å². The molecule has 4 rings (SSSR count). The van der Waals surface area contributed by atoms with E-state index in [2.05, 4.69) is 17.0 Å². The van der Waals surface area contributed by atoms with E-state index in [1.54, 1.807) is 0 Å². The van der Waals surface area contributed by atoms with Crippen molar-refractivity contribution in [2.75, 3.05) is 37.7 Å². The molecule has 136 valence electrons. The van der Waals surface area contributed by atoms with Gasteiger partial charge < -0.3 is 19.3 Å². The number of rotatable bonds is 4. The maximum absolute atomic E-state index is 12.4. The van der Waals surface area contributed by atoms with Crippen molar-refractivity contribution >= 4 is 11.6 Å². The highest BCUT2D eigenvalue weighted by Crippen LogP contribution is 2.25. The molecule has 0 aromatic heterocycles. The Kier molecular flexibility index (Phi) is 5.07. The molecule has 0 bridgehead atoms. The van der Waals surface area contributed by atoms with Crippen LogP contribution >= 0.6 is 0 Å². The van der Waals surface area contributed by atoms with Crippen molar-refractivity contribution in [3.05, 3.63) is 54.6 Å².